The maximum absolute atomic E-state index is 13.9. The number of hydrogen-bond acceptors (Lipinski definition) is 6. The van der Waals surface area contributed by atoms with Crippen molar-refractivity contribution in [3.8, 4) is 28.4 Å². The van der Waals surface area contributed by atoms with Gasteiger partial charge in [-0.1, -0.05) is 6.07 Å². The molecule has 0 heterocycles. The van der Waals surface area contributed by atoms with Crippen molar-refractivity contribution in [2.45, 2.75) is 26.4 Å². The Balaban J connectivity index is 1.83. The van der Waals surface area contributed by atoms with Crippen LogP contribution in [0.1, 0.15) is 22.3 Å². The predicted octanol–water partition coefficient (Wildman–Crippen LogP) is 5.30. The lowest BCUT2D eigenvalue weighted by Crippen LogP contribution is -2.17. The topological polar surface area (TPSA) is 81.0 Å². The van der Waals surface area contributed by atoms with Crippen LogP contribution >= 0.6 is 0 Å². The van der Waals surface area contributed by atoms with E-state index in [0.29, 0.717) is 26.1 Å². The van der Waals surface area contributed by atoms with E-state index in [0.717, 1.165) is 44.9 Å². The predicted molar refractivity (Wildman–Crippen MR) is 150 cm³/mol. The quantitative estimate of drug-likeness (QED) is 0.161. The monoisotopic (exact) mass is 520 g/mol. The fraction of sp³-hybridized carbons (Fsp3) is 0.300. The molecular weight excluding hydrogens is 483 g/mol. The maximum Gasteiger partial charge on any atom is 0.123 e. The zero-order chi connectivity index (χ0) is 27.7. The lowest BCUT2D eigenvalue weighted by molar-refractivity contribution is 0.393. The molecule has 0 saturated heterocycles. The number of aryl methyl sites for hydroxylation is 1. The number of nitrogens with zero attached hydrogens (tertiary/aromatic N) is 2. The van der Waals surface area contributed by atoms with E-state index in [9.17, 15) is 9.50 Å². The molecule has 0 aromatic heterocycles. The van der Waals surface area contributed by atoms with Crippen molar-refractivity contribution in [3.05, 3.63) is 89.0 Å². The Morgan fingerprint density at radius 1 is 0.947 bits per heavy atom. The zero-order valence-corrected chi connectivity index (χ0v) is 22.7. The minimum atomic E-state index is -0.288. The van der Waals surface area contributed by atoms with E-state index in [1.54, 1.807) is 44.5 Å². The summed E-state index contributed by atoms with van der Waals surface area (Å²) in [6, 6.07) is 14.3. The average molecular weight is 521 g/mol. The van der Waals surface area contributed by atoms with Crippen molar-refractivity contribution in [1.29, 1.82) is 5.41 Å². The number of hydrogen-bond donors (Lipinski definition) is 3. The summed E-state index contributed by atoms with van der Waals surface area (Å²) in [6.45, 7) is 3.67. The summed E-state index contributed by atoms with van der Waals surface area (Å²) in [5, 5.41) is 21.8. The molecule has 0 saturated carbocycles. The Hall–Kier alpha value is -4.04. The molecular formula is C30H37FN4O3. The second-order valence-corrected chi connectivity index (χ2v) is 9.26. The molecule has 0 aliphatic rings. The van der Waals surface area contributed by atoms with E-state index < -0.39 is 0 Å². The van der Waals surface area contributed by atoms with Crippen molar-refractivity contribution in [2.75, 3.05) is 34.9 Å². The Morgan fingerprint density at radius 2 is 1.66 bits per heavy atom. The number of benzene rings is 3. The molecule has 0 aliphatic heterocycles. The van der Waals surface area contributed by atoms with Crippen LogP contribution in [-0.2, 0) is 19.5 Å². The lowest BCUT2D eigenvalue weighted by atomic mass is 9.91. The van der Waals surface area contributed by atoms with E-state index in [1.807, 2.05) is 43.3 Å². The summed E-state index contributed by atoms with van der Waals surface area (Å²) >= 11 is 0. The number of phenols is 1. The zero-order valence-electron chi connectivity index (χ0n) is 22.7. The summed E-state index contributed by atoms with van der Waals surface area (Å²) < 4.78 is 24.6. The van der Waals surface area contributed by atoms with Gasteiger partial charge in [0.1, 0.15) is 23.1 Å². The molecule has 38 heavy (non-hydrogen) atoms. The number of aromatic hydroxyl groups is 1. The first kappa shape index (κ1) is 28.5. The molecule has 0 aliphatic carbocycles. The molecule has 7 nitrogen and oxygen atoms in total. The number of rotatable bonds is 13. The highest BCUT2D eigenvalue weighted by molar-refractivity contribution is 5.74. The van der Waals surface area contributed by atoms with E-state index in [-0.39, 0.29) is 11.6 Å². The molecule has 0 amide bonds. The van der Waals surface area contributed by atoms with Gasteiger partial charge in [0.05, 0.1) is 20.6 Å². The van der Waals surface area contributed by atoms with Crippen LogP contribution in [0.15, 0.2) is 60.9 Å². The van der Waals surface area contributed by atoms with Gasteiger partial charge in [-0.2, -0.15) is 0 Å². The lowest BCUT2D eigenvalue weighted by Gasteiger charge is -2.20. The first-order valence-electron chi connectivity index (χ1n) is 12.4. The van der Waals surface area contributed by atoms with Crippen LogP contribution in [0.25, 0.3) is 11.1 Å². The van der Waals surface area contributed by atoms with Crippen molar-refractivity contribution in [2.24, 2.45) is 0 Å². The fourth-order valence-electron chi connectivity index (χ4n) is 4.26. The summed E-state index contributed by atoms with van der Waals surface area (Å²) in [5.74, 6) is 1.38. The molecule has 202 valence electrons. The normalized spacial score (nSPS) is 11.0. The highest BCUT2D eigenvalue weighted by atomic mass is 19.1. The van der Waals surface area contributed by atoms with Gasteiger partial charge in [-0.25, -0.2) is 4.39 Å². The first-order valence-corrected chi connectivity index (χ1v) is 12.4. The largest absolute Gasteiger partial charge is 0.508 e. The summed E-state index contributed by atoms with van der Waals surface area (Å²) in [7, 11) is 6.96. The van der Waals surface area contributed by atoms with Gasteiger partial charge in [-0.05, 0) is 84.1 Å². The number of methoxy groups -OCH3 is 2. The Kier molecular flexibility index (Phi) is 10.1. The van der Waals surface area contributed by atoms with Crippen LogP contribution in [0, 0.1) is 18.2 Å². The Labute approximate surface area is 224 Å². The van der Waals surface area contributed by atoms with Crippen LogP contribution in [0.3, 0.4) is 0 Å². The Morgan fingerprint density at radius 3 is 2.29 bits per heavy atom. The van der Waals surface area contributed by atoms with Crippen LogP contribution in [0.5, 0.6) is 17.2 Å². The third kappa shape index (κ3) is 7.73. The third-order valence-electron chi connectivity index (χ3n) is 6.25. The molecule has 0 atom stereocenters. The van der Waals surface area contributed by atoms with Crippen LogP contribution < -0.4 is 14.8 Å². The van der Waals surface area contributed by atoms with Crippen molar-refractivity contribution in [1.82, 2.24) is 15.1 Å². The van der Waals surface area contributed by atoms with Crippen molar-refractivity contribution >= 4 is 6.34 Å². The third-order valence-corrected chi connectivity index (χ3v) is 6.25. The molecule has 3 aromatic rings. The van der Waals surface area contributed by atoms with E-state index in [2.05, 4.69) is 11.4 Å². The summed E-state index contributed by atoms with van der Waals surface area (Å²) in [5.41, 5.74) is 5.33. The van der Waals surface area contributed by atoms with Crippen LogP contribution in [0.4, 0.5) is 4.39 Å². The molecule has 3 aromatic carbocycles. The highest BCUT2D eigenvalue weighted by Gasteiger charge is 2.15. The van der Waals surface area contributed by atoms with Gasteiger partial charge in [0.15, 0.2) is 0 Å². The molecule has 3 rings (SSSR count). The van der Waals surface area contributed by atoms with E-state index in [4.69, 9.17) is 14.9 Å². The first-order chi connectivity index (χ1) is 18.2. The number of phenolic OH excluding ortho intramolecular Hbond substituents is 1. The van der Waals surface area contributed by atoms with Crippen LogP contribution in [-0.4, -0.2) is 56.1 Å². The van der Waals surface area contributed by atoms with Gasteiger partial charge >= 0.3 is 0 Å². The summed E-state index contributed by atoms with van der Waals surface area (Å²) in [6.07, 6.45) is 5.46. The SMILES string of the molecule is COc1cc(CNCCc2c(O)cc(CN(C)/C=C\N(C)C=N)cc2-c2ccc(F)cc2C)cc(OC)c1. The van der Waals surface area contributed by atoms with E-state index >= 15 is 0 Å². The Bertz CT molecular complexity index is 1260. The van der Waals surface area contributed by atoms with E-state index in [1.165, 1.54) is 18.5 Å². The van der Waals surface area contributed by atoms with Gasteiger partial charge in [0, 0.05) is 51.2 Å². The minimum Gasteiger partial charge on any atom is -0.508 e. The maximum atomic E-state index is 13.9. The van der Waals surface area contributed by atoms with Gasteiger partial charge in [-0.3, -0.25) is 5.41 Å². The average Bonchev–Trinajstić information content (AvgIpc) is 2.90. The second-order valence-electron chi connectivity index (χ2n) is 9.26. The minimum absolute atomic E-state index is 0.208. The molecule has 0 unspecified atom stereocenters. The number of ether oxygens (including phenoxy) is 2. The fourth-order valence-corrected chi connectivity index (χ4v) is 4.26. The van der Waals surface area contributed by atoms with Crippen LogP contribution in [0.2, 0.25) is 0 Å². The van der Waals surface area contributed by atoms with Gasteiger partial charge < -0.3 is 29.7 Å². The molecule has 3 N–H and O–H groups in total. The van der Waals surface area contributed by atoms with Gasteiger partial charge in [-0.15, -0.1) is 0 Å². The molecule has 0 radical (unpaired) electrons. The molecule has 8 heteroatoms. The molecule has 0 fully saturated rings. The number of halogens is 1. The smallest absolute Gasteiger partial charge is 0.123 e. The van der Waals surface area contributed by atoms with Gasteiger partial charge in [0.2, 0.25) is 0 Å². The highest BCUT2D eigenvalue weighted by Crippen LogP contribution is 2.35. The summed E-state index contributed by atoms with van der Waals surface area (Å²) in [4.78, 5) is 3.61. The molecule has 0 spiro atoms. The van der Waals surface area contributed by atoms with Crippen molar-refractivity contribution < 1.29 is 19.0 Å². The standard InChI is InChI=1S/C30H37FN4O3/c1-21-12-24(31)6-7-27(21)29-15-23(19-34(2)10-11-35(3)20-32)16-30(36)28(29)8-9-33-18-22-13-25(37-4)17-26(14-22)38-5/h6-7,10-17,20,32-33,36H,8-9,18-19H2,1-5H3/b11-10-,32-20?. The number of nitrogens with one attached hydrogen (secondary N) is 2. The second kappa shape index (κ2) is 13.5. The molecule has 0 bridgehead atoms. The van der Waals surface area contributed by atoms with Crippen molar-refractivity contribution in [3.63, 3.8) is 0 Å². The van der Waals surface area contributed by atoms with Gasteiger partial charge in [0.25, 0.3) is 0 Å².